The van der Waals surface area contributed by atoms with Crippen LogP contribution in [0.2, 0.25) is 0 Å². The van der Waals surface area contributed by atoms with Crippen LogP contribution in [0.1, 0.15) is 29.0 Å². The van der Waals surface area contributed by atoms with Gasteiger partial charge in [0.1, 0.15) is 5.41 Å². The molecule has 2 fully saturated rings. The van der Waals surface area contributed by atoms with Crippen molar-refractivity contribution in [3.63, 3.8) is 0 Å². The van der Waals surface area contributed by atoms with Crippen LogP contribution >= 0.6 is 0 Å². The van der Waals surface area contributed by atoms with Crippen LogP contribution in [0.3, 0.4) is 0 Å². The number of piperazine rings is 1. The van der Waals surface area contributed by atoms with Crippen LogP contribution in [0.15, 0.2) is 53.1 Å². The molecule has 1 saturated heterocycles. The topological polar surface area (TPSA) is 82.9 Å². The average molecular weight is 381 g/mol. The zero-order chi connectivity index (χ0) is 19.6. The van der Waals surface area contributed by atoms with Crippen LogP contribution in [0.25, 0.3) is 0 Å². The van der Waals surface area contributed by atoms with Crippen molar-refractivity contribution in [2.24, 2.45) is 5.41 Å². The number of hydrogen-bond acceptors (Lipinski definition) is 4. The highest BCUT2D eigenvalue weighted by molar-refractivity contribution is 6.08. The Morgan fingerprint density at radius 1 is 0.929 bits per heavy atom. The largest absolute Gasteiger partial charge is 0.459 e. The van der Waals surface area contributed by atoms with E-state index in [1.807, 2.05) is 30.3 Å². The third-order valence-electron chi connectivity index (χ3n) is 5.48. The second-order valence-electron chi connectivity index (χ2n) is 7.31. The number of carbonyl (C=O) groups excluding carboxylic acids is 3. The van der Waals surface area contributed by atoms with Gasteiger partial charge in [0.15, 0.2) is 5.76 Å². The van der Waals surface area contributed by atoms with E-state index in [1.54, 1.807) is 21.9 Å². The standard InChI is InChI=1S/C21H23N3O4/c25-18(17-7-4-14-28-17)23-10-12-24(13-11-23)20(27)21(8-9-21)19(26)22-15-16-5-2-1-3-6-16/h1-7,14H,8-13,15H2,(H,22,26). The highest BCUT2D eigenvalue weighted by Gasteiger charge is 2.58. The molecule has 146 valence electrons. The lowest BCUT2D eigenvalue weighted by Gasteiger charge is -2.36. The molecule has 7 nitrogen and oxygen atoms in total. The molecule has 2 heterocycles. The molecule has 3 amide bonds. The summed E-state index contributed by atoms with van der Waals surface area (Å²) in [6.45, 7) is 2.15. The first-order valence-corrected chi connectivity index (χ1v) is 9.54. The second-order valence-corrected chi connectivity index (χ2v) is 7.31. The van der Waals surface area contributed by atoms with Gasteiger partial charge in [0.2, 0.25) is 11.8 Å². The van der Waals surface area contributed by atoms with Crippen molar-refractivity contribution in [3.05, 3.63) is 60.1 Å². The van der Waals surface area contributed by atoms with Gasteiger partial charge in [-0.1, -0.05) is 30.3 Å². The van der Waals surface area contributed by atoms with Gasteiger partial charge in [0.05, 0.1) is 6.26 Å². The van der Waals surface area contributed by atoms with Gasteiger partial charge in [0, 0.05) is 32.7 Å². The van der Waals surface area contributed by atoms with Crippen molar-refractivity contribution in [2.45, 2.75) is 19.4 Å². The average Bonchev–Trinajstić information content (AvgIpc) is 3.38. The maximum atomic E-state index is 13.0. The highest BCUT2D eigenvalue weighted by Crippen LogP contribution is 2.47. The molecule has 0 radical (unpaired) electrons. The summed E-state index contributed by atoms with van der Waals surface area (Å²) >= 11 is 0. The van der Waals surface area contributed by atoms with E-state index in [0.717, 1.165) is 5.56 Å². The van der Waals surface area contributed by atoms with Crippen molar-refractivity contribution in [2.75, 3.05) is 26.2 Å². The summed E-state index contributed by atoms with van der Waals surface area (Å²) in [4.78, 5) is 41.4. The third-order valence-corrected chi connectivity index (χ3v) is 5.48. The predicted octanol–water partition coefficient (Wildman–Crippen LogP) is 1.66. The SMILES string of the molecule is O=C(c1ccco1)N1CCN(C(=O)C2(C(=O)NCc3ccccc3)CC2)CC1. The number of carbonyl (C=O) groups is 3. The van der Waals surface area contributed by atoms with Crippen LogP contribution in [-0.4, -0.2) is 53.7 Å². The van der Waals surface area contributed by atoms with Gasteiger partial charge < -0.3 is 19.5 Å². The second kappa shape index (κ2) is 7.50. The number of nitrogens with zero attached hydrogens (tertiary/aromatic N) is 2. The number of nitrogens with one attached hydrogen (secondary N) is 1. The molecular weight excluding hydrogens is 358 g/mol. The molecular formula is C21H23N3O4. The van der Waals surface area contributed by atoms with Gasteiger partial charge in [0.25, 0.3) is 5.91 Å². The third kappa shape index (κ3) is 3.52. The molecule has 2 aromatic rings. The molecule has 1 saturated carbocycles. The summed E-state index contributed by atoms with van der Waals surface area (Å²) in [5, 5.41) is 2.90. The minimum atomic E-state index is -0.929. The minimum absolute atomic E-state index is 0.122. The number of furan rings is 1. The highest BCUT2D eigenvalue weighted by atomic mass is 16.3. The Kier molecular flexibility index (Phi) is 4.90. The van der Waals surface area contributed by atoms with Crippen LogP contribution in [0.4, 0.5) is 0 Å². The summed E-state index contributed by atoms with van der Waals surface area (Å²) in [7, 11) is 0. The first-order valence-electron chi connectivity index (χ1n) is 9.54. The predicted molar refractivity (Wildman–Crippen MR) is 101 cm³/mol. The molecule has 0 unspecified atom stereocenters. The van der Waals surface area contributed by atoms with E-state index in [4.69, 9.17) is 4.42 Å². The summed E-state index contributed by atoms with van der Waals surface area (Å²) in [5.41, 5.74) is 0.0752. The Labute approximate surface area is 163 Å². The molecule has 1 aliphatic heterocycles. The summed E-state index contributed by atoms with van der Waals surface area (Å²) in [6, 6.07) is 13.0. The minimum Gasteiger partial charge on any atom is -0.459 e. The van der Waals surface area contributed by atoms with Crippen molar-refractivity contribution < 1.29 is 18.8 Å². The monoisotopic (exact) mass is 381 g/mol. The Balaban J connectivity index is 1.32. The maximum Gasteiger partial charge on any atom is 0.289 e. The van der Waals surface area contributed by atoms with E-state index in [0.29, 0.717) is 51.3 Å². The maximum absolute atomic E-state index is 13.0. The van der Waals surface area contributed by atoms with E-state index in [-0.39, 0.29) is 17.7 Å². The Hall–Kier alpha value is -3.09. The van der Waals surface area contributed by atoms with Gasteiger partial charge in [-0.15, -0.1) is 0 Å². The first-order chi connectivity index (χ1) is 13.6. The lowest BCUT2D eigenvalue weighted by molar-refractivity contribution is -0.145. The summed E-state index contributed by atoms with van der Waals surface area (Å²) < 4.78 is 5.16. The van der Waals surface area contributed by atoms with E-state index in [9.17, 15) is 14.4 Å². The van der Waals surface area contributed by atoms with Gasteiger partial charge in [-0.3, -0.25) is 14.4 Å². The molecule has 1 aromatic heterocycles. The molecule has 0 spiro atoms. The van der Waals surface area contributed by atoms with E-state index in [2.05, 4.69) is 5.32 Å². The zero-order valence-electron chi connectivity index (χ0n) is 15.6. The first kappa shape index (κ1) is 18.3. The fourth-order valence-corrected chi connectivity index (χ4v) is 3.58. The molecule has 1 aliphatic carbocycles. The van der Waals surface area contributed by atoms with Gasteiger partial charge >= 0.3 is 0 Å². The van der Waals surface area contributed by atoms with Crippen molar-refractivity contribution in [1.82, 2.24) is 15.1 Å². The van der Waals surface area contributed by atoms with E-state index < -0.39 is 5.41 Å². The van der Waals surface area contributed by atoms with Crippen LogP contribution in [0, 0.1) is 5.41 Å². The number of amides is 3. The molecule has 0 bridgehead atoms. The lowest BCUT2D eigenvalue weighted by Crippen LogP contribution is -2.54. The van der Waals surface area contributed by atoms with E-state index >= 15 is 0 Å². The van der Waals surface area contributed by atoms with Crippen molar-refractivity contribution in [3.8, 4) is 0 Å². The molecule has 4 rings (SSSR count). The smallest absolute Gasteiger partial charge is 0.289 e. The molecule has 28 heavy (non-hydrogen) atoms. The van der Waals surface area contributed by atoms with Gasteiger partial charge in [-0.05, 0) is 30.5 Å². The van der Waals surface area contributed by atoms with Crippen LogP contribution in [0.5, 0.6) is 0 Å². The molecule has 1 N–H and O–H groups in total. The zero-order valence-corrected chi connectivity index (χ0v) is 15.6. The Morgan fingerprint density at radius 3 is 2.21 bits per heavy atom. The fourth-order valence-electron chi connectivity index (χ4n) is 3.58. The van der Waals surface area contributed by atoms with Crippen molar-refractivity contribution in [1.29, 1.82) is 0 Å². The van der Waals surface area contributed by atoms with Gasteiger partial charge in [-0.2, -0.15) is 0 Å². The fraction of sp³-hybridized carbons (Fsp3) is 0.381. The molecule has 2 aliphatic rings. The molecule has 0 atom stereocenters. The Morgan fingerprint density at radius 2 is 1.61 bits per heavy atom. The number of hydrogen-bond donors (Lipinski definition) is 1. The van der Waals surface area contributed by atoms with Crippen molar-refractivity contribution >= 4 is 17.7 Å². The number of rotatable bonds is 5. The Bertz CT molecular complexity index is 851. The number of benzene rings is 1. The summed E-state index contributed by atoms with van der Waals surface area (Å²) in [6.07, 6.45) is 2.63. The quantitative estimate of drug-likeness (QED) is 0.799. The van der Waals surface area contributed by atoms with E-state index in [1.165, 1.54) is 6.26 Å². The summed E-state index contributed by atoms with van der Waals surface area (Å²) in [5.74, 6) is -0.184. The van der Waals surface area contributed by atoms with Crippen LogP contribution in [-0.2, 0) is 16.1 Å². The normalized spacial score (nSPS) is 17.9. The molecule has 1 aromatic carbocycles. The van der Waals surface area contributed by atoms with Crippen LogP contribution < -0.4 is 5.32 Å². The molecule has 7 heteroatoms. The lowest BCUT2D eigenvalue weighted by atomic mass is 10.0. The van der Waals surface area contributed by atoms with Gasteiger partial charge in [-0.25, -0.2) is 0 Å².